The number of halogens is 2. The molecular weight excluding hydrogens is 237 g/mol. The maximum atomic E-state index is 6.04. The molecule has 14 heavy (non-hydrogen) atoms. The minimum atomic E-state index is 0.0935. The molecule has 0 aliphatic carbocycles. The molecule has 4 heteroatoms. The summed E-state index contributed by atoms with van der Waals surface area (Å²) in [5, 5.41) is 1.75. The molecule has 1 heterocycles. The molecule has 1 aliphatic rings. The van der Waals surface area contributed by atoms with Crippen molar-refractivity contribution in [2.45, 2.75) is 29.5 Å². The molecule has 1 aliphatic heterocycles. The van der Waals surface area contributed by atoms with Crippen LogP contribution in [0.5, 0.6) is 0 Å². The molecule has 2 unspecified atom stereocenters. The summed E-state index contributed by atoms with van der Waals surface area (Å²) >= 11 is 13.7. The predicted molar refractivity (Wildman–Crippen MR) is 63.3 cm³/mol. The normalized spacial score (nSPS) is 26.0. The van der Waals surface area contributed by atoms with Crippen LogP contribution in [-0.2, 0) is 0 Å². The van der Waals surface area contributed by atoms with Crippen LogP contribution in [0.4, 0.5) is 0 Å². The minimum Gasteiger partial charge on any atom is -0.324 e. The van der Waals surface area contributed by atoms with Gasteiger partial charge >= 0.3 is 0 Å². The number of benzene rings is 1. The van der Waals surface area contributed by atoms with E-state index in [-0.39, 0.29) is 6.04 Å². The van der Waals surface area contributed by atoms with Gasteiger partial charge in [0.1, 0.15) is 0 Å². The lowest BCUT2D eigenvalue weighted by molar-refractivity contribution is 0.625. The van der Waals surface area contributed by atoms with Crippen molar-refractivity contribution < 1.29 is 0 Å². The highest BCUT2D eigenvalue weighted by atomic mass is 35.5. The first kappa shape index (κ1) is 10.6. The molecule has 2 atom stereocenters. The molecule has 0 saturated heterocycles. The van der Waals surface area contributed by atoms with E-state index in [1.165, 1.54) is 4.90 Å². The average Bonchev–Trinajstić information content (AvgIpc) is 2.08. The Morgan fingerprint density at radius 2 is 2.00 bits per heavy atom. The van der Waals surface area contributed by atoms with Crippen molar-refractivity contribution in [1.82, 2.24) is 0 Å². The van der Waals surface area contributed by atoms with E-state index in [1.54, 1.807) is 0 Å². The fourth-order valence-electron chi connectivity index (χ4n) is 1.69. The van der Waals surface area contributed by atoms with E-state index in [0.717, 1.165) is 12.0 Å². The lowest BCUT2D eigenvalue weighted by Gasteiger charge is -2.26. The topological polar surface area (TPSA) is 26.0 Å². The molecule has 0 fully saturated rings. The van der Waals surface area contributed by atoms with Gasteiger partial charge in [-0.25, -0.2) is 0 Å². The summed E-state index contributed by atoms with van der Waals surface area (Å²) in [6.45, 7) is 2.18. The van der Waals surface area contributed by atoms with Crippen LogP contribution in [0, 0.1) is 0 Å². The lowest BCUT2D eigenvalue weighted by Crippen LogP contribution is -2.20. The highest BCUT2D eigenvalue weighted by molar-refractivity contribution is 8.00. The van der Waals surface area contributed by atoms with Crippen molar-refractivity contribution in [3.8, 4) is 0 Å². The van der Waals surface area contributed by atoms with Gasteiger partial charge in [0, 0.05) is 16.2 Å². The SMILES string of the molecule is CC1CC(N)c2cc(Cl)c(Cl)cc2S1. The van der Waals surface area contributed by atoms with E-state index >= 15 is 0 Å². The van der Waals surface area contributed by atoms with Gasteiger partial charge in [0.15, 0.2) is 0 Å². The molecule has 1 aromatic rings. The van der Waals surface area contributed by atoms with E-state index in [4.69, 9.17) is 28.9 Å². The van der Waals surface area contributed by atoms with Crippen molar-refractivity contribution in [3.05, 3.63) is 27.7 Å². The Hall–Kier alpha value is 0.110. The number of hydrogen-bond acceptors (Lipinski definition) is 2. The van der Waals surface area contributed by atoms with Crippen LogP contribution in [0.15, 0.2) is 17.0 Å². The van der Waals surface area contributed by atoms with E-state index in [0.29, 0.717) is 15.3 Å². The first-order chi connectivity index (χ1) is 6.58. The Morgan fingerprint density at radius 1 is 1.36 bits per heavy atom. The van der Waals surface area contributed by atoms with Crippen molar-refractivity contribution in [1.29, 1.82) is 0 Å². The maximum absolute atomic E-state index is 6.04. The lowest BCUT2D eigenvalue weighted by atomic mass is 10.0. The fourth-order valence-corrected chi connectivity index (χ4v) is 3.36. The van der Waals surface area contributed by atoms with Gasteiger partial charge in [0.2, 0.25) is 0 Å². The van der Waals surface area contributed by atoms with Gasteiger partial charge in [-0.2, -0.15) is 0 Å². The molecule has 0 spiro atoms. The summed E-state index contributed by atoms with van der Waals surface area (Å²) in [4.78, 5) is 1.17. The number of rotatable bonds is 0. The van der Waals surface area contributed by atoms with E-state index in [2.05, 4.69) is 6.92 Å². The zero-order valence-electron chi connectivity index (χ0n) is 7.76. The van der Waals surface area contributed by atoms with Gasteiger partial charge in [-0.3, -0.25) is 0 Å². The summed E-state index contributed by atoms with van der Waals surface area (Å²) in [6.07, 6.45) is 0.996. The van der Waals surface area contributed by atoms with E-state index in [1.807, 2.05) is 23.9 Å². The van der Waals surface area contributed by atoms with E-state index in [9.17, 15) is 0 Å². The largest absolute Gasteiger partial charge is 0.324 e. The van der Waals surface area contributed by atoms with Crippen molar-refractivity contribution in [2.24, 2.45) is 5.73 Å². The van der Waals surface area contributed by atoms with Crippen LogP contribution in [0.1, 0.15) is 24.9 Å². The van der Waals surface area contributed by atoms with Gasteiger partial charge in [-0.05, 0) is 24.1 Å². The third-order valence-electron chi connectivity index (χ3n) is 2.37. The minimum absolute atomic E-state index is 0.0935. The second-order valence-electron chi connectivity index (χ2n) is 3.57. The van der Waals surface area contributed by atoms with Gasteiger partial charge in [0.25, 0.3) is 0 Å². The van der Waals surface area contributed by atoms with Crippen molar-refractivity contribution in [2.75, 3.05) is 0 Å². The Labute approximate surface area is 98.0 Å². The van der Waals surface area contributed by atoms with Crippen LogP contribution < -0.4 is 5.73 Å². The molecule has 0 saturated carbocycles. The maximum Gasteiger partial charge on any atom is 0.0603 e. The molecule has 2 rings (SSSR count). The molecule has 0 radical (unpaired) electrons. The van der Waals surface area contributed by atoms with Gasteiger partial charge in [-0.15, -0.1) is 11.8 Å². The first-order valence-electron chi connectivity index (χ1n) is 4.49. The molecular formula is C10H11Cl2NS. The monoisotopic (exact) mass is 247 g/mol. The Balaban J connectivity index is 2.49. The third-order valence-corrected chi connectivity index (χ3v) is 4.29. The second-order valence-corrected chi connectivity index (χ2v) is 5.87. The highest BCUT2D eigenvalue weighted by Gasteiger charge is 2.23. The predicted octanol–water partition coefficient (Wildman–Crippen LogP) is 3.88. The summed E-state index contributed by atoms with van der Waals surface area (Å²) < 4.78 is 0. The molecule has 1 nitrogen and oxygen atoms in total. The van der Waals surface area contributed by atoms with Gasteiger partial charge < -0.3 is 5.73 Å². The Bertz CT molecular complexity index is 367. The van der Waals surface area contributed by atoms with Gasteiger partial charge in [0.05, 0.1) is 10.0 Å². The molecule has 1 aromatic carbocycles. The number of nitrogens with two attached hydrogens (primary N) is 1. The first-order valence-corrected chi connectivity index (χ1v) is 6.12. The van der Waals surface area contributed by atoms with E-state index < -0.39 is 0 Å². The van der Waals surface area contributed by atoms with Crippen LogP contribution in [0.3, 0.4) is 0 Å². The van der Waals surface area contributed by atoms with Crippen molar-refractivity contribution >= 4 is 35.0 Å². The summed E-state index contributed by atoms with van der Waals surface area (Å²) in [5.41, 5.74) is 7.17. The highest BCUT2D eigenvalue weighted by Crippen LogP contribution is 2.42. The fraction of sp³-hybridized carbons (Fsp3) is 0.400. The van der Waals surface area contributed by atoms with Crippen LogP contribution >= 0.6 is 35.0 Å². The third kappa shape index (κ3) is 1.89. The zero-order valence-corrected chi connectivity index (χ0v) is 10.1. The standard InChI is InChI=1S/C10H11Cl2NS/c1-5-2-9(13)6-3-7(11)8(12)4-10(6)14-5/h3-5,9H,2,13H2,1H3. The summed E-state index contributed by atoms with van der Waals surface area (Å²) in [7, 11) is 0. The molecule has 0 bridgehead atoms. The summed E-state index contributed by atoms with van der Waals surface area (Å²) in [5.74, 6) is 0. The quantitative estimate of drug-likeness (QED) is 0.754. The Morgan fingerprint density at radius 3 is 2.71 bits per heavy atom. The summed E-state index contributed by atoms with van der Waals surface area (Å²) in [6, 6.07) is 3.90. The number of fused-ring (bicyclic) bond motifs is 1. The molecule has 0 aromatic heterocycles. The second kappa shape index (κ2) is 3.93. The van der Waals surface area contributed by atoms with Gasteiger partial charge in [-0.1, -0.05) is 30.1 Å². The van der Waals surface area contributed by atoms with Crippen molar-refractivity contribution in [3.63, 3.8) is 0 Å². The Kier molecular flexibility index (Phi) is 2.98. The van der Waals surface area contributed by atoms with Crippen LogP contribution in [0.2, 0.25) is 10.0 Å². The smallest absolute Gasteiger partial charge is 0.0603 e. The average molecular weight is 248 g/mol. The zero-order chi connectivity index (χ0) is 10.3. The van der Waals surface area contributed by atoms with Crippen LogP contribution in [-0.4, -0.2) is 5.25 Å². The molecule has 0 amide bonds. The number of hydrogen-bond donors (Lipinski definition) is 1. The van der Waals surface area contributed by atoms with Crippen LogP contribution in [0.25, 0.3) is 0 Å². The number of thioether (sulfide) groups is 1. The molecule has 76 valence electrons. The molecule has 2 N–H and O–H groups in total.